The van der Waals surface area contributed by atoms with E-state index in [4.69, 9.17) is 16.3 Å². The highest BCUT2D eigenvalue weighted by Gasteiger charge is 2.17. The fraction of sp³-hybridized carbons (Fsp3) is 0.200. The number of benzene rings is 1. The lowest BCUT2D eigenvalue weighted by molar-refractivity contribution is 0.0528. The van der Waals surface area contributed by atoms with Crippen LogP contribution in [0.5, 0.6) is 0 Å². The maximum absolute atomic E-state index is 12.0. The van der Waals surface area contributed by atoms with Crippen molar-refractivity contribution in [2.24, 2.45) is 0 Å². The summed E-state index contributed by atoms with van der Waals surface area (Å²) in [6, 6.07) is 8.04. The second kappa shape index (κ2) is 7.29. The van der Waals surface area contributed by atoms with E-state index in [0.717, 1.165) is 4.88 Å². The number of aryl methyl sites for hydroxylation is 1. The van der Waals surface area contributed by atoms with Gasteiger partial charge in [0.1, 0.15) is 5.00 Å². The first-order chi connectivity index (χ1) is 10.5. The quantitative estimate of drug-likeness (QED) is 0.805. The minimum atomic E-state index is -0.454. The van der Waals surface area contributed by atoms with Gasteiger partial charge in [0.05, 0.1) is 12.2 Å². The summed E-state index contributed by atoms with van der Waals surface area (Å²) in [5.41, 5.74) is 0.918. The Morgan fingerprint density at radius 2 is 2.05 bits per heavy atom. The van der Waals surface area contributed by atoms with Crippen LogP contribution in [0.3, 0.4) is 0 Å². The number of carbonyl (C=O) groups excluding carboxylic acids is 2. The van der Waals surface area contributed by atoms with Crippen LogP contribution in [0.2, 0.25) is 5.02 Å². The molecular formula is C15H15ClN2O3S. The summed E-state index contributed by atoms with van der Waals surface area (Å²) in [5.74, 6) is -0.454. The number of urea groups is 1. The molecule has 0 aliphatic heterocycles. The SMILES string of the molecule is CCOC(=O)c1cc(C)sc1NC(=O)Nc1cccc(Cl)c1. The van der Waals surface area contributed by atoms with Crippen molar-refractivity contribution in [1.82, 2.24) is 0 Å². The molecule has 0 spiro atoms. The molecule has 0 unspecified atom stereocenters. The van der Waals surface area contributed by atoms with Gasteiger partial charge in [-0.15, -0.1) is 11.3 Å². The lowest BCUT2D eigenvalue weighted by Crippen LogP contribution is -2.20. The van der Waals surface area contributed by atoms with Crippen molar-refractivity contribution in [3.63, 3.8) is 0 Å². The van der Waals surface area contributed by atoms with E-state index < -0.39 is 12.0 Å². The first kappa shape index (κ1) is 16.3. The molecular weight excluding hydrogens is 324 g/mol. The summed E-state index contributed by atoms with van der Waals surface area (Å²) < 4.78 is 4.98. The highest BCUT2D eigenvalue weighted by atomic mass is 35.5. The van der Waals surface area contributed by atoms with Crippen LogP contribution in [0, 0.1) is 6.92 Å². The molecule has 5 nitrogen and oxygen atoms in total. The Hall–Kier alpha value is -2.05. The molecule has 0 aliphatic rings. The zero-order valence-corrected chi connectivity index (χ0v) is 13.7. The summed E-state index contributed by atoms with van der Waals surface area (Å²) in [4.78, 5) is 24.8. The first-order valence-corrected chi connectivity index (χ1v) is 7.80. The average Bonchev–Trinajstić information content (AvgIpc) is 2.79. The van der Waals surface area contributed by atoms with Crippen molar-refractivity contribution in [3.05, 3.63) is 45.8 Å². The fourth-order valence-electron chi connectivity index (χ4n) is 1.80. The van der Waals surface area contributed by atoms with E-state index in [0.29, 0.717) is 21.3 Å². The number of amides is 2. The largest absolute Gasteiger partial charge is 0.462 e. The molecule has 116 valence electrons. The monoisotopic (exact) mass is 338 g/mol. The third kappa shape index (κ3) is 4.22. The number of rotatable bonds is 4. The number of hydrogen-bond donors (Lipinski definition) is 2. The molecule has 22 heavy (non-hydrogen) atoms. The van der Waals surface area contributed by atoms with Gasteiger partial charge in [-0.2, -0.15) is 0 Å². The van der Waals surface area contributed by atoms with Gasteiger partial charge in [0.2, 0.25) is 0 Å². The topological polar surface area (TPSA) is 67.4 Å². The maximum Gasteiger partial charge on any atom is 0.341 e. The van der Waals surface area contributed by atoms with E-state index in [1.807, 2.05) is 6.92 Å². The molecule has 0 fully saturated rings. The van der Waals surface area contributed by atoms with Crippen LogP contribution in [0.1, 0.15) is 22.2 Å². The van der Waals surface area contributed by atoms with Crippen molar-refractivity contribution < 1.29 is 14.3 Å². The predicted molar refractivity (Wildman–Crippen MR) is 89.1 cm³/mol. The highest BCUT2D eigenvalue weighted by Crippen LogP contribution is 2.28. The first-order valence-electron chi connectivity index (χ1n) is 6.60. The van der Waals surface area contributed by atoms with Crippen LogP contribution in [0.15, 0.2) is 30.3 Å². The Bertz CT molecular complexity index is 700. The molecule has 0 saturated carbocycles. The van der Waals surface area contributed by atoms with Crippen LogP contribution in [-0.4, -0.2) is 18.6 Å². The van der Waals surface area contributed by atoms with Crippen LogP contribution in [0.4, 0.5) is 15.5 Å². The zero-order chi connectivity index (χ0) is 16.1. The summed E-state index contributed by atoms with van der Waals surface area (Å²) in [7, 11) is 0. The third-order valence-corrected chi connectivity index (χ3v) is 3.86. The van der Waals surface area contributed by atoms with Crippen LogP contribution in [-0.2, 0) is 4.74 Å². The molecule has 2 rings (SSSR count). The van der Waals surface area contributed by atoms with Gasteiger partial charge in [0, 0.05) is 15.6 Å². The fourth-order valence-corrected chi connectivity index (χ4v) is 2.88. The standard InChI is InChI=1S/C15H15ClN2O3S/c1-3-21-14(19)12-7-9(2)22-13(12)18-15(20)17-11-6-4-5-10(16)8-11/h4-8H,3H2,1-2H3,(H2,17,18,20). The number of anilines is 2. The molecule has 0 saturated heterocycles. The molecule has 1 aromatic carbocycles. The van der Waals surface area contributed by atoms with Crippen molar-refractivity contribution in [3.8, 4) is 0 Å². The minimum Gasteiger partial charge on any atom is -0.462 e. The molecule has 0 atom stereocenters. The van der Waals surface area contributed by atoms with E-state index in [9.17, 15) is 9.59 Å². The molecule has 2 amide bonds. The number of esters is 1. The lowest BCUT2D eigenvalue weighted by atomic mass is 10.3. The van der Waals surface area contributed by atoms with E-state index in [2.05, 4.69) is 10.6 Å². The lowest BCUT2D eigenvalue weighted by Gasteiger charge is -2.08. The van der Waals surface area contributed by atoms with Crippen LogP contribution >= 0.6 is 22.9 Å². The Morgan fingerprint density at radius 3 is 2.73 bits per heavy atom. The van der Waals surface area contributed by atoms with Gasteiger partial charge < -0.3 is 10.1 Å². The predicted octanol–water partition coefficient (Wildman–Crippen LogP) is 4.53. The smallest absolute Gasteiger partial charge is 0.341 e. The molecule has 0 aliphatic carbocycles. The summed E-state index contributed by atoms with van der Waals surface area (Å²) >= 11 is 7.17. The van der Waals surface area contributed by atoms with Gasteiger partial charge in [0.25, 0.3) is 0 Å². The van der Waals surface area contributed by atoms with Crippen molar-refractivity contribution in [1.29, 1.82) is 0 Å². The maximum atomic E-state index is 12.0. The van der Waals surface area contributed by atoms with Crippen molar-refractivity contribution >= 4 is 45.6 Å². The Kier molecular flexibility index (Phi) is 5.41. The van der Waals surface area contributed by atoms with E-state index >= 15 is 0 Å². The Morgan fingerprint density at radius 1 is 1.27 bits per heavy atom. The van der Waals surface area contributed by atoms with Crippen LogP contribution in [0.25, 0.3) is 0 Å². The Balaban J connectivity index is 2.10. The van der Waals surface area contributed by atoms with Crippen LogP contribution < -0.4 is 10.6 Å². The number of thiophene rings is 1. The minimum absolute atomic E-state index is 0.280. The van der Waals surface area contributed by atoms with E-state index in [1.54, 1.807) is 37.3 Å². The molecule has 2 aromatic rings. The van der Waals surface area contributed by atoms with Crippen molar-refractivity contribution in [2.75, 3.05) is 17.2 Å². The van der Waals surface area contributed by atoms with Gasteiger partial charge >= 0.3 is 12.0 Å². The summed E-state index contributed by atoms with van der Waals surface area (Å²) in [6.45, 7) is 3.87. The normalized spacial score (nSPS) is 10.1. The molecule has 0 bridgehead atoms. The van der Waals surface area contributed by atoms with E-state index in [-0.39, 0.29) is 6.61 Å². The van der Waals surface area contributed by atoms with Gasteiger partial charge in [-0.3, -0.25) is 5.32 Å². The van der Waals surface area contributed by atoms with Gasteiger partial charge in [-0.1, -0.05) is 17.7 Å². The molecule has 1 heterocycles. The van der Waals surface area contributed by atoms with Crippen molar-refractivity contribution in [2.45, 2.75) is 13.8 Å². The average molecular weight is 339 g/mol. The van der Waals surface area contributed by atoms with Gasteiger partial charge in [0.15, 0.2) is 0 Å². The summed E-state index contributed by atoms with van der Waals surface area (Å²) in [5, 5.41) is 6.30. The highest BCUT2D eigenvalue weighted by molar-refractivity contribution is 7.16. The van der Waals surface area contributed by atoms with E-state index in [1.165, 1.54) is 11.3 Å². The molecule has 2 N–H and O–H groups in total. The zero-order valence-electron chi connectivity index (χ0n) is 12.1. The molecule has 7 heteroatoms. The number of ether oxygens (including phenoxy) is 1. The third-order valence-electron chi connectivity index (χ3n) is 2.66. The Labute approximate surface area is 137 Å². The number of carbonyl (C=O) groups is 2. The molecule has 0 radical (unpaired) electrons. The second-order valence-corrected chi connectivity index (χ2v) is 6.10. The number of halogens is 1. The second-order valence-electron chi connectivity index (χ2n) is 4.41. The molecule has 1 aromatic heterocycles. The number of nitrogens with one attached hydrogen (secondary N) is 2. The number of hydrogen-bond acceptors (Lipinski definition) is 4. The van der Waals surface area contributed by atoms with Gasteiger partial charge in [-0.25, -0.2) is 9.59 Å². The summed E-state index contributed by atoms with van der Waals surface area (Å²) in [6.07, 6.45) is 0. The van der Waals surface area contributed by atoms with Gasteiger partial charge in [-0.05, 0) is 38.1 Å².